The van der Waals surface area contributed by atoms with Gasteiger partial charge in [-0.25, -0.2) is 4.98 Å². The van der Waals surface area contributed by atoms with Crippen LogP contribution in [0.2, 0.25) is 0 Å². The SMILES string of the molecule is CC1CC(C)C(C)N(c2nc3ccc(N)cc3s2)C1. The van der Waals surface area contributed by atoms with E-state index in [9.17, 15) is 0 Å². The molecule has 1 aromatic carbocycles. The highest BCUT2D eigenvalue weighted by atomic mass is 32.1. The predicted molar refractivity (Wildman–Crippen MR) is 83.8 cm³/mol. The molecule has 2 heterocycles. The molecule has 0 spiro atoms. The number of benzene rings is 1. The first-order valence-electron chi connectivity index (χ1n) is 6.97. The van der Waals surface area contributed by atoms with Gasteiger partial charge in [-0.2, -0.15) is 0 Å². The van der Waals surface area contributed by atoms with Gasteiger partial charge in [0.15, 0.2) is 5.13 Å². The van der Waals surface area contributed by atoms with Crippen molar-refractivity contribution < 1.29 is 0 Å². The first-order chi connectivity index (χ1) is 9.04. The lowest BCUT2D eigenvalue weighted by Crippen LogP contribution is -2.45. The van der Waals surface area contributed by atoms with Gasteiger partial charge in [-0.05, 0) is 43.4 Å². The summed E-state index contributed by atoms with van der Waals surface area (Å²) >= 11 is 1.76. The number of anilines is 2. The fourth-order valence-electron chi connectivity index (χ4n) is 3.02. The van der Waals surface area contributed by atoms with Gasteiger partial charge in [-0.1, -0.05) is 25.2 Å². The third-order valence-corrected chi connectivity index (χ3v) is 5.30. The molecule has 1 saturated heterocycles. The Kier molecular flexibility index (Phi) is 3.13. The molecular formula is C15H21N3S. The highest BCUT2D eigenvalue weighted by molar-refractivity contribution is 7.22. The lowest BCUT2D eigenvalue weighted by molar-refractivity contribution is 0.297. The van der Waals surface area contributed by atoms with Gasteiger partial charge in [0.05, 0.1) is 10.2 Å². The van der Waals surface area contributed by atoms with Crippen LogP contribution in [0.4, 0.5) is 10.8 Å². The highest BCUT2D eigenvalue weighted by Gasteiger charge is 2.30. The molecule has 3 unspecified atom stereocenters. The molecule has 19 heavy (non-hydrogen) atoms. The second-order valence-electron chi connectivity index (χ2n) is 5.93. The third-order valence-electron chi connectivity index (χ3n) is 4.24. The maximum Gasteiger partial charge on any atom is 0.186 e. The first kappa shape index (κ1) is 12.7. The van der Waals surface area contributed by atoms with Crippen LogP contribution in [0.25, 0.3) is 10.2 Å². The van der Waals surface area contributed by atoms with Gasteiger partial charge >= 0.3 is 0 Å². The van der Waals surface area contributed by atoms with Crippen LogP contribution in [0.5, 0.6) is 0 Å². The van der Waals surface area contributed by atoms with Crippen LogP contribution in [0.15, 0.2) is 18.2 Å². The zero-order valence-corrected chi connectivity index (χ0v) is 12.6. The molecule has 1 fully saturated rings. The Morgan fingerprint density at radius 1 is 1.32 bits per heavy atom. The number of hydrogen-bond donors (Lipinski definition) is 1. The highest BCUT2D eigenvalue weighted by Crippen LogP contribution is 2.36. The molecule has 1 aliphatic rings. The van der Waals surface area contributed by atoms with Crippen LogP contribution in [-0.4, -0.2) is 17.6 Å². The van der Waals surface area contributed by atoms with Crippen molar-refractivity contribution in [3.63, 3.8) is 0 Å². The Balaban J connectivity index is 1.98. The normalized spacial score (nSPS) is 27.9. The number of fused-ring (bicyclic) bond motifs is 1. The number of thiazole rings is 1. The van der Waals surface area contributed by atoms with E-state index in [0.29, 0.717) is 6.04 Å². The first-order valence-corrected chi connectivity index (χ1v) is 7.79. The molecule has 1 aromatic heterocycles. The number of aromatic nitrogens is 1. The van der Waals surface area contributed by atoms with Crippen LogP contribution >= 0.6 is 11.3 Å². The summed E-state index contributed by atoms with van der Waals surface area (Å²) in [5.74, 6) is 1.46. The van der Waals surface area contributed by atoms with E-state index in [4.69, 9.17) is 10.7 Å². The van der Waals surface area contributed by atoms with Crippen molar-refractivity contribution in [3.05, 3.63) is 18.2 Å². The van der Waals surface area contributed by atoms with E-state index in [1.807, 2.05) is 18.2 Å². The molecule has 1 aliphatic heterocycles. The van der Waals surface area contributed by atoms with E-state index in [1.54, 1.807) is 11.3 Å². The molecule has 3 atom stereocenters. The van der Waals surface area contributed by atoms with E-state index < -0.39 is 0 Å². The fraction of sp³-hybridized carbons (Fsp3) is 0.533. The van der Waals surface area contributed by atoms with E-state index in [0.717, 1.165) is 34.7 Å². The van der Waals surface area contributed by atoms with Crippen molar-refractivity contribution in [2.45, 2.75) is 33.2 Å². The zero-order chi connectivity index (χ0) is 13.6. The molecule has 0 bridgehead atoms. The maximum absolute atomic E-state index is 5.85. The third kappa shape index (κ3) is 2.29. The van der Waals surface area contributed by atoms with Crippen LogP contribution in [0.1, 0.15) is 27.2 Å². The van der Waals surface area contributed by atoms with Crippen molar-refractivity contribution >= 4 is 32.4 Å². The standard InChI is InChI=1S/C15H21N3S/c1-9-6-10(2)11(3)18(8-9)15-17-13-5-4-12(16)7-14(13)19-15/h4-5,7,9-11H,6,8,16H2,1-3H3. The minimum Gasteiger partial charge on any atom is -0.399 e. The lowest BCUT2D eigenvalue weighted by atomic mass is 9.86. The Bertz CT molecular complexity index is 592. The minimum atomic E-state index is 0.564. The molecule has 2 N–H and O–H groups in total. The van der Waals surface area contributed by atoms with Crippen LogP contribution in [0.3, 0.4) is 0 Å². The summed E-state index contributed by atoms with van der Waals surface area (Å²) < 4.78 is 1.19. The average Bonchev–Trinajstić information content (AvgIpc) is 2.76. The molecule has 0 radical (unpaired) electrons. The topological polar surface area (TPSA) is 42.2 Å². The number of hydrogen-bond acceptors (Lipinski definition) is 4. The van der Waals surface area contributed by atoms with Gasteiger partial charge in [0, 0.05) is 18.3 Å². The summed E-state index contributed by atoms with van der Waals surface area (Å²) in [7, 11) is 0. The number of nitrogens with two attached hydrogens (primary N) is 1. The summed E-state index contributed by atoms with van der Waals surface area (Å²) in [6, 6.07) is 6.54. The summed E-state index contributed by atoms with van der Waals surface area (Å²) in [5, 5.41) is 1.14. The van der Waals surface area contributed by atoms with E-state index >= 15 is 0 Å². The Morgan fingerprint density at radius 2 is 2.11 bits per heavy atom. The Hall–Kier alpha value is -1.29. The molecule has 3 rings (SSSR count). The zero-order valence-electron chi connectivity index (χ0n) is 11.8. The van der Waals surface area contributed by atoms with Crippen LogP contribution in [0, 0.1) is 11.8 Å². The summed E-state index contributed by atoms with van der Waals surface area (Å²) in [5.41, 5.74) is 7.73. The lowest BCUT2D eigenvalue weighted by Gasteiger charge is -2.41. The van der Waals surface area contributed by atoms with E-state index in [2.05, 4.69) is 25.7 Å². The van der Waals surface area contributed by atoms with E-state index in [-0.39, 0.29) is 0 Å². The Morgan fingerprint density at radius 3 is 2.89 bits per heavy atom. The van der Waals surface area contributed by atoms with Crippen molar-refractivity contribution in [1.82, 2.24) is 4.98 Å². The Labute approximate surface area is 118 Å². The molecule has 2 aromatic rings. The van der Waals surface area contributed by atoms with Crippen LogP contribution in [-0.2, 0) is 0 Å². The summed E-state index contributed by atoms with van der Waals surface area (Å²) in [6.45, 7) is 8.11. The van der Waals surface area contributed by atoms with Crippen molar-refractivity contribution in [1.29, 1.82) is 0 Å². The number of piperidine rings is 1. The summed E-state index contributed by atoms with van der Waals surface area (Å²) in [6.07, 6.45) is 1.31. The minimum absolute atomic E-state index is 0.564. The molecule has 4 heteroatoms. The van der Waals surface area contributed by atoms with Gasteiger partial charge < -0.3 is 10.6 Å². The maximum atomic E-state index is 5.85. The quantitative estimate of drug-likeness (QED) is 0.806. The number of nitrogen functional groups attached to an aromatic ring is 1. The van der Waals surface area contributed by atoms with Crippen LogP contribution < -0.4 is 10.6 Å². The largest absolute Gasteiger partial charge is 0.399 e. The van der Waals surface area contributed by atoms with Crippen molar-refractivity contribution in [2.75, 3.05) is 17.2 Å². The second-order valence-corrected chi connectivity index (χ2v) is 6.94. The van der Waals surface area contributed by atoms with Gasteiger partial charge in [0.1, 0.15) is 0 Å². The monoisotopic (exact) mass is 275 g/mol. The van der Waals surface area contributed by atoms with Crippen molar-refractivity contribution in [3.8, 4) is 0 Å². The van der Waals surface area contributed by atoms with Gasteiger partial charge in [0.25, 0.3) is 0 Å². The molecule has 0 saturated carbocycles. The predicted octanol–water partition coefficient (Wildman–Crippen LogP) is 3.75. The average molecular weight is 275 g/mol. The van der Waals surface area contributed by atoms with Gasteiger partial charge in [-0.15, -0.1) is 0 Å². The smallest absolute Gasteiger partial charge is 0.186 e. The molecule has 0 amide bonds. The molecular weight excluding hydrogens is 254 g/mol. The van der Waals surface area contributed by atoms with Gasteiger partial charge in [0.2, 0.25) is 0 Å². The molecule has 3 nitrogen and oxygen atoms in total. The molecule has 0 aliphatic carbocycles. The second kappa shape index (κ2) is 4.67. The number of nitrogens with zero attached hydrogens (tertiary/aromatic N) is 2. The molecule has 102 valence electrons. The fourth-order valence-corrected chi connectivity index (χ4v) is 4.13. The number of rotatable bonds is 1. The van der Waals surface area contributed by atoms with E-state index in [1.165, 1.54) is 11.1 Å². The van der Waals surface area contributed by atoms with Crippen molar-refractivity contribution in [2.24, 2.45) is 11.8 Å². The summed E-state index contributed by atoms with van der Waals surface area (Å²) in [4.78, 5) is 7.26. The van der Waals surface area contributed by atoms with Gasteiger partial charge in [-0.3, -0.25) is 0 Å².